The fourth-order valence-corrected chi connectivity index (χ4v) is 4.46. The first-order chi connectivity index (χ1) is 18.0. The fourth-order valence-electron chi connectivity index (χ4n) is 4.26. The molecule has 10 nitrogen and oxygen atoms in total. The zero-order chi connectivity index (χ0) is 27.4. The highest BCUT2D eigenvalue weighted by Crippen LogP contribution is 2.29. The Bertz CT molecular complexity index is 1350. The van der Waals surface area contributed by atoms with Gasteiger partial charge in [-0.1, -0.05) is 44.5 Å². The number of halogens is 1. The van der Waals surface area contributed by atoms with Crippen molar-refractivity contribution in [2.24, 2.45) is 5.41 Å². The molecule has 0 radical (unpaired) electrons. The van der Waals surface area contributed by atoms with Crippen molar-refractivity contribution in [3.8, 4) is 17.3 Å². The highest BCUT2D eigenvalue weighted by molar-refractivity contribution is 6.32. The van der Waals surface area contributed by atoms with Crippen LogP contribution in [0.15, 0.2) is 42.9 Å². The summed E-state index contributed by atoms with van der Waals surface area (Å²) in [6.45, 7) is 8.89. The summed E-state index contributed by atoms with van der Waals surface area (Å²) in [6.07, 6.45) is 6.84. The standard InChI is InChI=1S/C27H31ClN8O2/c1-17(13-29)32-24(37)19-7-5-18(6-8-19)23-22(28)15-30-26(34-23)33-20-14-31-36(16-20)21-9-11-35(12-10-21)25(38)27(2,3)4/h5-8,14-17,21H,9-12H2,1-4H3,(H,32,37)(H,30,33,34). The summed E-state index contributed by atoms with van der Waals surface area (Å²) < 4.78 is 1.93. The number of anilines is 2. The summed E-state index contributed by atoms with van der Waals surface area (Å²) in [7, 11) is 0. The molecule has 0 saturated carbocycles. The van der Waals surface area contributed by atoms with E-state index in [1.54, 1.807) is 37.4 Å². The smallest absolute Gasteiger partial charge is 0.252 e. The van der Waals surface area contributed by atoms with E-state index in [2.05, 4.69) is 25.7 Å². The Hall–Kier alpha value is -3.97. The highest BCUT2D eigenvalue weighted by Gasteiger charge is 2.31. The Morgan fingerprint density at radius 2 is 1.84 bits per heavy atom. The number of benzene rings is 1. The molecule has 1 fully saturated rings. The van der Waals surface area contributed by atoms with Crippen molar-refractivity contribution in [3.63, 3.8) is 0 Å². The van der Waals surface area contributed by atoms with Crippen molar-refractivity contribution in [3.05, 3.63) is 53.4 Å². The van der Waals surface area contributed by atoms with Crippen molar-refractivity contribution in [1.29, 1.82) is 5.26 Å². The summed E-state index contributed by atoms with van der Waals surface area (Å²) in [5.74, 6) is 0.213. The lowest BCUT2D eigenvalue weighted by Gasteiger charge is -2.35. The van der Waals surface area contributed by atoms with E-state index in [1.807, 2.05) is 42.6 Å². The van der Waals surface area contributed by atoms with E-state index in [-0.39, 0.29) is 23.3 Å². The molecule has 11 heteroatoms. The molecule has 1 saturated heterocycles. The zero-order valence-electron chi connectivity index (χ0n) is 21.9. The largest absolute Gasteiger partial charge is 0.342 e. The molecule has 0 spiro atoms. The number of rotatable bonds is 6. The van der Waals surface area contributed by atoms with Gasteiger partial charge in [0.2, 0.25) is 11.9 Å². The second-order valence-corrected chi connectivity index (χ2v) is 10.8. The number of nitrogens with zero attached hydrogens (tertiary/aromatic N) is 6. The SMILES string of the molecule is CC(C#N)NC(=O)c1ccc(-c2nc(Nc3cnn(C4CCN(C(=O)C(C)(C)C)CC4)c3)ncc2Cl)cc1. The van der Waals surface area contributed by atoms with Crippen molar-refractivity contribution in [2.45, 2.75) is 52.6 Å². The van der Waals surface area contributed by atoms with E-state index in [4.69, 9.17) is 16.9 Å². The van der Waals surface area contributed by atoms with Gasteiger partial charge in [0.15, 0.2) is 0 Å². The highest BCUT2D eigenvalue weighted by atomic mass is 35.5. The number of nitriles is 1. The molecule has 4 rings (SSSR count). The third-order valence-electron chi connectivity index (χ3n) is 6.33. The summed E-state index contributed by atoms with van der Waals surface area (Å²) in [5.41, 5.74) is 2.04. The topological polar surface area (TPSA) is 129 Å². The van der Waals surface area contributed by atoms with Crippen molar-refractivity contribution >= 4 is 35.1 Å². The normalized spacial score (nSPS) is 15.0. The van der Waals surface area contributed by atoms with E-state index in [0.29, 0.717) is 35.3 Å². The van der Waals surface area contributed by atoms with Crippen LogP contribution in [0.1, 0.15) is 56.9 Å². The average Bonchev–Trinajstić information content (AvgIpc) is 3.37. The molecule has 1 aliphatic rings. The lowest BCUT2D eigenvalue weighted by atomic mass is 9.93. The fraction of sp³-hybridized carbons (Fsp3) is 0.407. The van der Waals surface area contributed by atoms with Crippen LogP contribution in [-0.4, -0.2) is 55.6 Å². The molecule has 0 bridgehead atoms. The molecule has 2 N–H and O–H groups in total. The van der Waals surface area contributed by atoms with Crippen LogP contribution >= 0.6 is 11.6 Å². The van der Waals surface area contributed by atoms with Crippen LogP contribution in [0, 0.1) is 16.7 Å². The van der Waals surface area contributed by atoms with Crippen LogP contribution in [-0.2, 0) is 4.79 Å². The number of likely N-dealkylation sites (tertiary alicyclic amines) is 1. The monoisotopic (exact) mass is 534 g/mol. The molecule has 2 aromatic heterocycles. The molecule has 1 aliphatic heterocycles. The number of piperidine rings is 1. The minimum atomic E-state index is -0.582. The van der Waals surface area contributed by atoms with Gasteiger partial charge in [-0.05, 0) is 31.9 Å². The van der Waals surface area contributed by atoms with E-state index >= 15 is 0 Å². The van der Waals surface area contributed by atoms with Crippen molar-refractivity contribution < 1.29 is 9.59 Å². The number of hydrogen-bond acceptors (Lipinski definition) is 7. The summed E-state index contributed by atoms with van der Waals surface area (Å²) >= 11 is 6.38. The summed E-state index contributed by atoms with van der Waals surface area (Å²) in [5, 5.41) is 19.6. The third-order valence-corrected chi connectivity index (χ3v) is 6.61. The Morgan fingerprint density at radius 1 is 1.16 bits per heavy atom. The molecular weight excluding hydrogens is 504 g/mol. The molecule has 3 heterocycles. The van der Waals surface area contributed by atoms with Gasteiger partial charge in [0, 0.05) is 35.8 Å². The lowest BCUT2D eigenvalue weighted by molar-refractivity contribution is -0.140. The summed E-state index contributed by atoms with van der Waals surface area (Å²) in [6, 6.07) is 8.42. The van der Waals surface area contributed by atoms with E-state index in [9.17, 15) is 9.59 Å². The van der Waals surface area contributed by atoms with Crippen LogP contribution < -0.4 is 10.6 Å². The van der Waals surface area contributed by atoms with Gasteiger partial charge in [-0.2, -0.15) is 10.4 Å². The quantitative estimate of drug-likeness (QED) is 0.473. The van der Waals surface area contributed by atoms with Gasteiger partial charge in [-0.3, -0.25) is 14.3 Å². The number of hydrogen-bond donors (Lipinski definition) is 2. The van der Waals surface area contributed by atoms with Crippen molar-refractivity contribution in [1.82, 2.24) is 30.0 Å². The van der Waals surface area contributed by atoms with Gasteiger partial charge in [-0.25, -0.2) is 9.97 Å². The van der Waals surface area contributed by atoms with Crippen molar-refractivity contribution in [2.75, 3.05) is 18.4 Å². The van der Waals surface area contributed by atoms with E-state index in [1.165, 1.54) is 6.20 Å². The third kappa shape index (κ3) is 6.29. The van der Waals surface area contributed by atoms with Gasteiger partial charge in [-0.15, -0.1) is 0 Å². The first-order valence-electron chi connectivity index (χ1n) is 12.5. The molecule has 2 amide bonds. The van der Waals surface area contributed by atoms with Crippen LogP contribution in [0.25, 0.3) is 11.3 Å². The molecule has 1 atom stereocenters. The molecule has 198 valence electrons. The molecule has 1 unspecified atom stereocenters. The minimum Gasteiger partial charge on any atom is -0.342 e. The molecule has 38 heavy (non-hydrogen) atoms. The average molecular weight is 535 g/mol. The molecular formula is C27H31ClN8O2. The van der Waals surface area contributed by atoms with Crippen LogP contribution in [0.5, 0.6) is 0 Å². The van der Waals surface area contributed by atoms with Gasteiger partial charge < -0.3 is 15.5 Å². The first-order valence-corrected chi connectivity index (χ1v) is 12.9. The molecule has 3 aromatic rings. The predicted molar refractivity (Wildman–Crippen MR) is 145 cm³/mol. The van der Waals surface area contributed by atoms with Gasteiger partial charge in [0.25, 0.3) is 5.91 Å². The summed E-state index contributed by atoms with van der Waals surface area (Å²) in [4.78, 5) is 35.6. The van der Waals surface area contributed by atoms with Crippen LogP contribution in [0.4, 0.5) is 11.6 Å². The second kappa shape index (κ2) is 11.2. The second-order valence-electron chi connectivity index (χ2n) is 10.4. The maximum absolute atomic E-state index is 12.6. The number of carbonyl (C=O) groups is 2. The Balaban J connectivity index is 1.41. The number of nitrogens with one attached hydrogen (secondary N) is 2. The minimum absolute atomic E-state index is 0.181. The zero-order valence-corrected chi connectivity index (χ0v) is 22.7. The van der Waals surface area contributed by atoms with Crippen LogP contribution in [0.3, 0.4) is 0 Å². The molecule has 0 aliphatic carbocycles. The number of aromatic nitrogens is 4. The Morgan fingerprint density at radius 3 is 2.47 bits per heavy atom. The maximum Gasteiger partial charge on any atom is 0.252 e. The predicted octanol–water partition coefficient (Wildman–Crippen LogP) is 4.59. The van der Waals surface area contributed by atoms with Crippen LogP contribution in [0.2, 0.25) is 5.02 Å². The van der Waals surface area contributed by atoms with E-state index < -0.39 is 6.04 Å². The lowest BCUT2D eigenvalue weighted by Crippen LogP contribution is -2.44. The Labute approximate surface area is 227 Å². The Kier molecular flexibility index (Phi) is 7.97. The van der Waals surface area contributed by atoms with E-state index in [0.717, 1.165) is 24.1 Å². The number of carbonyl (C=O) groups excluding carboxylic acids is 2. The van der Waals surface area contributed by atoms with Gasteiger partial charge in [0.05, 0.1) is 40.9 Å². The molecule has 1 aromatic carbocycles. The van der Waals surface area contributed by atoms with Gasteiger partial charge in [0.1, 0.15) is 6.04 Å². The number of amides is 2. The van der Waals surface area contributed by atoms with Gasteiger partial charge >= 0.3 is 0 Å². The first kappa shape index (κ1) is 27.1. The maximum atomic E-state index is 12.6.